The van der Waals surface area contributed by atoms with Crippen LogP contribution in [-0.4, -0.2) is 36.0 Å². The van der Waals surface area contributed by atoms with Gasteiger partial charge >= 0.3 is 8.56 Å². The molecule has 2 unspecified atom stereocenters. The lowest BCUT2D eigenvalue weighted by Gasteiger charge is -2.37. The quantitative estimate of drug-likeness (QED) is 0.123. The van der Waals surface area contributed by atoms with Gasteiger partial charge in [0, 0.05) is 26.7 Å². The molecule has 2 atom stereocenters. The molecule has 7 aromatic carbocycles. The van der Waals surface area contributed by atoms with Gasteiger partial charge in [0.2, 0.25) is 0 Å². The molecule has 0 spiro atoms. The minimum absolute atomic E-state index is 0.0833. The van der Waals surface area contributed by atoms with E-state index in [2.05, 4.69) is 123 Å². The fourth-order valence-corrected chi connectivity index (χ4v) is 10.3. The predicted molar refractivity (Wildman–Crippen MR) is 203 cm³/mol. The molecular weight excluding hydrogens is 593 g/mol. The minimum atomic E-state index is -2.19. The molecule has 47 heavy (non-hydrogen) atoms. The van der Waals surface area contributed by atoms with Gasteiger partial charge in [-0.15, -0.1) is 0 Å². The summed E-state index contributed by atoms with van der Waals surface area (Å²) in [5, 5.41) is 17.9. The fraction of sp³-hybridized carbons (Fsp3) is 0.256. The molecule has 7 aromatic rings. The summed E-state index contributed by atoms with van der Waals surface area (Å²) in [5.74, 6) is 0. The Labute approximate surface area is 277 Å². The Kier molecular flexibility index (Phi) is 7.45. The molecule has 0 saturated heterocycles. The van der Waals surface area contributed by atoms with Crippen molar-refractivity contribution in [2.24, 2.45) is 5.41 Å². The second-order valence-corrected chi connectivity index (χ2v) is 17.7. The molecule has 0 saturated carbocycles. The summed E-state index contributed by atoms with van der Waals surface area (Å²) in [4.78, 5) is 0. The van der Waals surface area contributed by atoms with E-state index in [1.54, 1.807) is 14.2 Å². The summed E-state index contributed by atoms with van der Waals surface area (Å²) in [7, 11) is 3.25. The maximum Gasteiger partial charge on any atom is 0.337 e. The average molecular weight is 635 g/mol. The highest BCUT2D eigenvalue weighted by atomic mass is 28.4. The van der Waals surface area contributed by atoms with Crippen LogP contribution in [0.25, 0.3) is 76.8 Å². The van der Waals surface area contributed by atoms with Crippen molar-refractivity contribution in [3.8, 4) is 0 Å². The first-order valence-electron chi connectivity index (χ1n) is 16.9. The second-order valence-electron chi connectivity index (χ2n) is 13.8. The largest absolute Gasteiger partial charge is 0.398 e. The lowest BCUT2D eigenvalue weighted by atomic mass is 9.76. The summed E-state index contributed by atoms with van der Waals surface area (Å²) in [6.45, 7) is 4.50. The molecule has 4 heteroatoms. The molecule has 0 aromatic heterocycles. The van der Waals surface area contributed by atoms with Gasteiger partial charge in [0.25, 0.3) is 0 Å². The molecule has 1 aliphatic rings. The van der Waals surface area contributed by atoms with Crippen LogP contribution in [0, 0.1) is 5.41 Å². The maximum atomic E-state index is 6.16. The zero-order valence-electron chi connectivity index (χ0n) is 28.0. The molecule has 0 N–H and O–H groups in total. The van der Waals surface area contributed by atoms with Gasteiger partial charge in [0.1, 0.15) is 0 Å². The van der Waals surface area contributed by atoms with Crippen molar-refractivity contribution < 1.29 is 13.6 Å². The fourth-order valence-electron chi connectivity index (χ4n) is 8.13. The molecule has 0 bridgehead atoms. The van der Waals surface area contributed by atoms with Crippen LogP contribution < -0.4 is 10.4 Å². The molecule has 3 nitrogen and oxygen atoms in total. The number of ether oxygens (including phenoxy) is 1. The maximum absolute atomic E-state index is 6.16. The number of benzene rings is 7. The monoisotopic (exact) mass is 634 g/mol. The van der Waals surface area contributed by atoms with Crippen molar-refractivity contribution in [2.75, 3.05) is 21.3 Å². The van der Waals surface area contributed by atoms with Crippen LogP contribution in [0.5, 0.6) is 0 Å². The standard InChI is InChI=1S/C43H42O3Si/c1-6-47(45-4,46-5)14-12-42(44-3)43(2)13-11-30-17-33-20-36-23-37-21-34-18-31-15-28-9-7-8-10-29(28)16-32(31)19-35(34)22-38(37)24-39(36)25-40(33)26-41(30)27-43/h7-11,15-27,42H,6,12-14H2,1-5H3. The van der Waals surface area contributed by atoms with E-state index in [4.69, 9.17) is 13.6 Å². The van der Waals surface area contributed by atoms with Gasteiger partial charge in [-0.25, -0.2) is 0 Å². The van der Waals surface area contributed by atoms with E-state index < -0.39 is 8.56 Å². The van der Waals surface area contributed by atoms with Crippen LogP contribution in [0.3, 0.4) is 0 Å². The van der Waals surface area contributed by atoms with Crippen LogP contribution in [0.4, 0.5) is 0 Å². The van der Waals surface area contributed by atoms with Gasteiger partial charge in [0.15, 0.2) is 0 Å². The zero-order valence-corrected chi connectivity index (χ0v) is 29.0. The number of hydrogen-bond donors (Lipinski definition) is 0. The Morgan fingerprint density at radius 1 is 0.596 bits per heavy atom. The van der Waals surface area contributed by atoms with E-state index in [0.29, 0.717) is 0 Å². The summed E-state index contributed by atoms with van der Waals surface area (Å²) < 4.78 is 18.0. The van der Waals surface area contributed by atoms with E-state index in [1.807, 2.05) is 7.11 Å². The van der Waals surface area contributed by atoms with Crippen molar-refractivity contribution in [1.82, 2.24) is 0 Å². The molecule has 0 heterocycles. The molecule has 0 aliphatic heterocycles. The summed E-state index contributed by atoms with van der Waals surface area (Å²) in [6, 6.07) is 38.7. The van der Waals surface area contributed by atoms with Gasteiger partial charge in [-0.3, -0.25) is 0 Å². The first kappa shape index (κ1) is 30.3. The lowest BCUT2D eigenvalue weighted by Crippen LogP contribution is -2.43. The SMILES string of the molecule is CC[Si](CCC(OC)C1(C)C=c2cc3cc4cc5cc6cc7cc8ccccc8cc7cc6cc5cc4cc3cc2=CC1)(OC)OC. The summed E-state index contributed by atoms with van der Waals surface area (Å²) >= 11 is 0. The van der Waals surface area contributed by atoms with Crippen LogP contribution in [0.2, 0.25) is 12.1 Å². The average Bonchev–Trinajstić information content (AvgIpc) is 3.08. The minimum Gasteiger partial charge on any atom is -0.398 e. The Morgan fingerprint density at radius 2 is 1.00 bits per heavy atom. The molecular formula is C43H42O3Si. The van der Waals surface area contributed by atoms with Crippen LogP contribution in [-0.2, 0) is 13.6 Å². The predicted octanol–water partition coefficient (Wildman–Crippen LogP) is 9.74. The molecule has 0 radical (unpaired) electrons. The third-order valence-electron chi connectivity index (χ3n) is 11.1. The van der Waals surface area contributed by atoms with Crippen LogP contribution in [0.1, 0.15) is 26.7 Å². The van der Waals surface area contributed by atoms with E-state index in [-0.39, 0.29) is 11.5 Å². The highest BCUT2D eigenvalue weighted by Gasteiger charge is 2.38. The number of hydrogen-bond acceptors (Lipinski definition) is 3. The smallest absolute Gasteiger partial charge is 0.337 e. The molecule has 8 rings (SSSR count). The van der Waals surface area contributed by atoms with E-state index in [1.165, 1.54) is 75.1 Å². The summed E-state index contributed by atoms with van der Waals surface area (Å²) in [6.07, 6.45) is 6.80. The van der Waals surface area contributed by atoms with E-state index >= 15 is 0 Å². The van der Waals surface area contributed by atoms with Gasteiger partial charge in [-0.2, -0.15) is 0 Å². The normalized spacial score (nSPS) is 17.4. The Balaban J connectivity index is 1.19. The van der Waals surface area contributed by atoms with Crippen molar-refractivity contribution in [1.29, 1.82) is 0 Å². The number of rotatable bonds is 8. The topological polar surface area (TPSA) is 27.7 Å². The summed E-state index contributed by atoms with van der Waals surface area (Å²) in [5.41, 5.74) is -0.102. The lowest BCUT2D eigenvalue weighted by molar-refractivity contribution is 0.0278. The van der Waals surface area contributed by atoms with Crippen molar-refractivity contribution in [2.45, 2.75) is 44.9 Å². The molecule has 236 valence electrons. The third kappa shape index (κ3) is 5.24. The Hall–Kier alpha value is -4.06. The zero-order chi connectivity index (χ0) is 32.3. The van der Waals surface area contributed by atoms with E-state index in [0.717, 1.165) is 24.9 Å². The molecule has 1 aliphatic carbocycles. The first-order valence-corrected chi connectivity index (χ1v) is 19.1. The van der Waals surface area contributed by atoms with E-state index in [9.17, 15) is 0 Å². The van der Waals surface area contributed by atoms with Gasteiger partial charge < -0.3 is 13.6 Å². The third-order valence-corrected chi connectivity index (χ3v) is 14.7. The van der Waals surface area contributed by atoms with Crippen molar-refractivity contribution >= 4 is 85.3 Å². The highest BCUT2D eigenvalue weighted by molar-refractivity contribution is 6.67. The van der Waals surface area contributed by atoms with Crippen molar-refractivity contribution in [3.05, 3.63) is 107 Å². The van der Waals surface area contributed by atoms with Crippen molar-refractivity contribution in [3.63, 3.8) is 0 Å². The van der Waals surface area contributed by atoms with Gasteiger partial charge in [-0.05, 0) is 173 Å². The Bertz CT molecular complexity index is 2470. The first-order chi connectivity index (χ1) is 22.8. The highest BCUT2D eigenvalue weighted by Crippen LogP contribution is 2.37. The van der Waals surface area contributed by atoms with Crippen LogP contribution in [0.15, 0.2) is 97.1 Å². The molecule has 0 fully saturated rings. The van der Waals surface area contributed by atoms with Crippen LogP contribution >= 0.6 is 0 Å². The second kappa shape index (κ2) is 11.6. The Morgan fingerprint density at radius 3 is 1.40 bits per heavy atom. The van der Waals surface area contributed by atoms with Gasteiger partial charge in [0.05, 0.1) is 6.10 Å². The molecule has 0 amide bonds. The number of methoxy groups -OCH3 is 1. The number of fused-ring (bicyclic) bond motifs is 7. The van der Waals surface area contributed by atoms with Gasteiger partial charge in [-0.1, -0.05) is 50.3 Å².